The van der Waals surface area contributed by atoms with Crippen LogP contribution in [0.1, 0.15) is 13.3 Å². The van der Waals surface area contributed by atoms with Crippen LogP contribution in [-0.2, 0) is 14.5 Å². The number of carbonyl (C=O) groups excluding carboxylic acids is 1. The molecule has 0 aromatic rings. The van der Waals surface area contributed by atoms with E-state index in [0.29, 0.717) is 6.42 Å². The smallest absolute Gasteiger partial charge is 0.373 e. The molecule has 1 fully saturated rings. The molecule has 0 bridgehead atoms. The Labute approximate surface area is 63.7 Å². The minimum absolute atomic E-state index is 0.220. The fourth-order valence-corrected chi connectivity index (χ4v) is 0.657. The maximum Gasteiger partial charge on any atom is 0.374 e. The Kier molecular flexibility index (Phi) is 2.59. The fraction of sp³-hybridized carbons (Fsp3) is 0.571. The molecule has 62 valence electrons. The van der Waals surface area contributed by atoms with E-state index in [1.165, 1.54) is 6.92 Å². The van der Waals surface area contributed by atoms with Gasteiger partial charge in [-0.05, 0) is 13.3 Å². The molecule has 0 amide bonds. The highest BCUT2D eigenvalue weighted by Crippen LogP contribution is 2.15. The number of hydrogen-bond donors (Lipinski definition) is 0. The van der Waals surface area contributed by atoms with Crippen LogP contribution in [0, 0.1) is 0 Å². The molecule has 0 N–H and O–H groups in total. The first-order chi connectivity index (χ1) is 5.24. The van der Waals surface area contributed by atoms with Gasteiger partial charge in [0, 0.05) is 10.1 Å². The van der Waals surface area contributed by atoms with E-state index in [9.17, 15) is 9.32 Å². The lowest BCUT2D eigenvalue weighted by molar-refractivity contribution is -0.178. The first kappa shape index (κ1) is 8.20. The second-order valence-electron chi connectivity index (χ2n) is 2.44. The Hall–Kier alpha value is -0.900. The number of hydrogen-bond acceptors (Lipinski definition) is 3. The van der Waals surface area contributed by atoms with Gasteiger partial charge in [-0.25, -0.2) is 9.74 Å². The molecule has 3 nitrogen and oxygen atoms in total. The van der Waals surface area contributed by atoms with Crippen molar-refractivity contribution in [2.75, 3.05) is 6.61 Å². The molecule has 0 saturated carbocycles. The van der Waals surface area contributed by atoms with E-state index >= 15 is 0 Å². The molecule has 0 spiro atoms. The van der Waals surface area contributed by atoms with Gasteiger partial charge in [0.2, 0.25) is 0 Å². The predicted octanol–water partition coefficient (Wildman–Crippen LogP) is 1.15. The lowest BCUT2D eigenvalue weighted by atomic mass is 10.2. The summed E-state index contributed by atoms with van der Waals surface area (Å²) in [6, 6.07) is 0. The van der Waals surface area contributed by atoms with Crippen LogP contribution >= 0.6 is 0 Å². The second-order valence-corrected chi connectivity index (χ2v) is 2.44. The molecule has 1 aliphatic rings. The Morgan fingerprint density at radius 2 is 2.55 bits per heavy atom. The Balaban J connectivity index is 2.30. The molecule has 4 heteroatoms. The quantitative estimate of drug-likeness (QED) is 0.459. The van der Waals surface area contributed by atoms with Crippen molar-refractivity contribution >= 4 is 5.97 Å². The zero-order valence-corrected chi connectivity index (χ0v) is 6.17. The summed E-state index contributed by atoms with van der Waals surface area (Å²) in [7, 11) is 0. The number of rotatable bonds is 3. The van der Waals surface area contributed by atoms with Gasteiger partial charge in [-0.15, -0.1) is 0 Å². The summed E-state index contributed by atoms with van der Waals surface area (Å²) in [5.74, 6) is -0.925. The molecule has 1 heterocycles. The normalized spacial score (nSPS) is 23.1. The summed E-state index contributed by atoms with van der Waals surface area (Å²) < 4.78 is 16.1. The minimum atomic E-state index is -0.925. The molecule has 1 unspecified atom stereocenters. The summed E-state index contributed by atoms with van der Waals surface area (Å²) in [4.78, 5) is 13.5. The maximum atomic E-state index is 11.3. The number of halogens is 1. The molecule has 1 atom stereocenters. The lowest BCUT2D eigenvalue weighted by Crippen LogP contribution is -1.99. The van der Waals surface area contributed by atoms with Gasteiger partial charge in [-0.3, -0.25) is 0 Å². The largest absolute Gasteiger partial charge is 0.374 e. The summed E-state index contributed by atoms with van der Waals surface area (Å²) in [6.45, 7) is 2.23. The van der Waals surface area contributed by atoms with Crippen molar-refractivity contribution in [2.45, 2.75) is 19.4 Å². The van der Waals surface area contributed by atoms with Gasteiger partial charge in [0.25, 0.3) is 0 Å². The van der Waals surface area contributed by atoms with E-state index in [-0.39, 0.29) is 11.7 Å². The molecule has 0 radical (unpaired) electrons. The average molecular weight is 160 g/mol. The first-order valence-corrected chi connectivity index (χ1v) is 3.35. The van der Waals surface area contributed by atoms with Gasteiger partial charge in [0.1, 0.15) is 0 Å². The summed E-state index contributed by atoms with van der Waals surface area (Å²) in [5, 5.41) is 0. The van der Waals surface area contributed by atoms with E-state index < -0.39 is 5.97 Å². The third-order valence-corrected chi connectivity index (χ3v) is 1.48. The topological polar surface area (TPSA) is 38.8 Å². The van der Waals surface area contributed by atoms with Crippen molar-refractivity contribution in [3.63, 3.8) is 0 Å². The first-order valence-electron chi connectivity index (χ1n) is 3.35. The van der Waals surface area contributed by atoms with Crippen molar-refractivity contribution in [1.29, 1.82) is 0 Å². The number of epoxide rings is 1. The number of ether oxygens (including phenoxy) is 1. The van der Waals surface area contributed by atoms with E-state index in [1.54, 1.807) is 6.08 Å². The summed E-state index contributed by atoms with van der Waals surface area (Å²) in [6.07, 6.45) is 2.48. The zero-order chi connectivity index (χ0) is 8.27. The van der Waals surface area contributed by atoms with E-state index in [1.807, 2.05) is 0 Å². The Morgan fingerprint density at radius 1 is 1.91 bits per heavy atom. The van der Waals surface area contributed by atoms with Gasteiger partial charge in [-0.1, -0.05) is 6.08 Å². The van der Waals surface area contributed by atoms with Crippen molar-refractivity contribution in [2.24, 2.45) is 0 Å². The predicted molar refractivity (Wildman–Crippen MR) is 35.3 cm³/mol. The van der Waals surface area contributed by atoms with Gasteiger partial charge >= 0.3 is 5.97 Å². The van der Waals surface area contributed by atoms with E-state index in [0.717, 1.165) is 6.61 Å². The molecule has 0 aromatic carbocycles. The molecule has 1 aliphatic heterocycles. The molecule has 1 rings (SSSR count). The van der Waals surface area contributed by atoms with Gasteiger partial charge in [0.05, 0.1) is 12.7 Å². The summed E-state index contributed by atoms with van der Waals surface area (Å²) in [5.41, 5.74) is 0.281. The van der Waals surface area contributed by atoms with Crippen molar-refractivity contribution in [3.8, 4) is 0 Å². The van der Waals surface area contributed by atoms with Gasteiger partial charge in [0.15, 0.2) is 0 Å². The molecule has 1 saturated heterocycles. The van der Waals surface area contributed by atoms with E-state index in [2.05, 4.69) is 4.94 Å². The maximum absolute atomic E-state index is 11.3. The SMILES string of the molecule is CC(=CCC1CO1)C(=O)OF. The monoisotopic (exact) mass is 160 g/mol. The molecule has 11 heavy (non-hydrogen) atoms. The lowest BCUT2D eigenvalue weighted by Gasteiger charge is -1.91. The van der Waals surface area contributed by atoms with Crippen molar-refractivity contribution < 1.29 is 19.0 Å². The summed E-state index contributed by atoms with van der Waals surface area (Å²) >= 11 is 0. The Morgan fingerprint density at radius 3 is 3.00 bits per heavy atom. The molecular weight excluding hydrogens is 151 g/mol. The molecular formula is C7H9FO3. The van der Waals surface area contributed by atoms with E-state index in [4.69, 9.17) is 4.74 Å². The molecule has 0 aliphatic carbocycles. The zero-order valence-electron chi connectivity index (χ0n) is 6.17. The van der Waals surface area contributed by atoms with Crippen molar-refractivity contribution in [1.82, 2.24) is 0 Å². The van der Waals surface area contributed by atoms with Crippen molar-refractivity contribution in [3.05, 3.63) is 11.6 Å². The number of carbonyl (C=O) groups is 1. The van der Waals surface area contributed by atoms with Crippen LogP contribution in [0.5, 0.6) is 0 Å². The molecule has 0 aromatic heterocycles. The third kappa shape index (κ3) is 2.67. The average Bonchev–Trinajstić information content (AvgIpc) is 2.81. The minimum Gasteiger partial charge on any atom is -0.373 e. The van der Waals surface area contributed by atoms with Crippen LogP contribution < -0.4 is 0 Å². The van der Waals surface area contributed by atoms with Crippen LogP contribution in [0.4, 0.5) is 4.53 Å². The van der Waals surface area contributed by atoms with Gasteiger partial charge < -0.3 is 4.74 Å². The van der Waals surface area contributed by atoms with Crippen LogP contribution in [0.25, 0.3) is 0 Å². The third-order valence-electron chi connectivity index (χ3n) is 1.48. The highest BCUT2D eigenvalue weighted by Gasteiger charge is 2.21. The highest BCUT2D eigenvalue weighted by atomic mass is 19.3. The van der Waals surface area contributed by atoms with Crippen LogP contribution in [0.15, 0.2) is 11.6 Å². The standard InChI is InChI=1S/C7H9FO3/c1-5(7(9)11-8)2-3-6-4-10-6/h2,6H,3-4H2,1H3. The van der Waals surface area contributed by atoms with Crippen LogP contribution in [-0.4, -0.2) is 18.7 Å². The van der Waals surface area contributed by atoms with Crippen LogP contribution in [0.2, 0.25) is 0 Å². The fourth-order valence-electron chi connectivity index (χ4n) is 0.657. The highest BCUT2D eigenvalue weighted by molar-refractivity contribution is 5.87. The van der Waals surface area contributed by atoms with Crippen LogP contribution in [0.3, 0.4) is 0 Å². The van der Waals surface area contributed by atoms with Gasteiger partial charge in [-0.2, -0.15) is 0 Å². The Bertz CT molecular complexity index is 184. The second kappa shape index (κ2) is 3.48.